The SMILES string of the molecule is Cc1ccc(C(=O)N[C@H]2CO[C@H]3[C@@H]2OC[C@H]3O)cc1Cl. The number of aryl methyl sites for hydroxylation is 1. The summed E-state index contributed by atoms with van der Waals surface area (Å²) in [5.74, 6) is -0.217. The summed E-state index contributed by atoms with van der Waals surface area (Å²) in [4.78, 5) is 12.2. The molecule has 20 heavy (non-hydrogen) atoms. The monoisotopic (exact) mass is 297 g/mol. The van der Waals surface area contributed by atoms with Gasteiger partial charge in [-0.15, -0.1) is 0 Å². The first kappa shape index (κ1) is 13.8. The molecule has 0 aromatic heterocycles. The van der Waals surface area contributed by atoms with Crippen LogP contribution in [0.3, 0.4) is 0 Å². The number of aliphatic hydroxyl groups is 1. The molecule has 2 saturated heterocycles. The van der Waals surface area contributed by atoms with Gasteiger partial charge in [0.25, 0.3) is 5.91 Å². The Hall–Kier alpha value is -1.14. The molecule has 0 spiro atoms. The van der Waals surface area contributed by atoms with Gasteiger partial charge in [-0.2, -0.15) is 0 Å². The number of rotatable bonds is 2. The molecule has 3 rings (SSSR count). The Bertz CT molecular complexity index is 536. The summed E-state index contributed by atoms with van der Waals surface area (Å²) in [5.41, 5.74) is 1.43. The minimum atomic E-state index is -0.615. The van der Waals surface area contributed by atoms with E-state index in [9.17, 15) is 9.90 Å². The van der Waals surface area contributed by atoms with E-state index in [0.717, 1.165) is 5.56 Å². The molecule has 1 aromatic rings. The lowest BCUT2D eigenvalue weighted by Gasteiger charge is -2.17. The summed E-state index contributed by atoms with van der Waals surface area (Å²) in [6.07, 6.45) is -1.24. The van der Waals surface area contributed by atoms with E-state index >= 15 is 0 Å². The molecule has 0 unspecified atom stereocenters. The number of nitrogens with one attached hydrogen (secondary N) is 1. The molecule has 5 nitrogen and oxygen atoms in total. The van der Waals surface area contributed by atoms with Crippen molar-refractivity contribution in [2.24, 2.45) is 0 Å². The van der Waals surface area contributed by atoms with Crippen molar-refractivity contribution in [2.45, 2.75) is 31.3 Å². The molecule has 1 amide bonds. The molecule has 0 saturated carbocycles. The number of hydrogen-bond donors (Lipinski definition) is 2. The summed E-state index contributed by atoms with van der Waals surface area (Å²) in [6, 6.07) is 4.93. The van der Waals surface area contributed by atoms with Crippen LogP contribution in [0.2, 0.25) is 5.02 Å². The minimum Gasteiger partial charge on any atom is -0.388 e. The van der Waals surface area contributed by atoms with E-state index in [1.807, 2.05) is 6.92 Å². The quantitative estimate of drug-likeness (QED) is 0.851. The molecule has 6 heteroatoms. The zero-order valence-electron chi connectivity index (χ0n) is 11.0. The molecule has 2 fully saturated rings. The first-order chi connectivity index (χ1) is 9.56. The molecule has 2 heterocycles. The lowest BCUT2D eigenvalue weighted by Crippen LogP contribution is -2.44. The molecule has 2 N–H and O–H groups in total. The van der Waals surface area contributed by atoms with E-state index in [1.165, 1.54) is 0 Å². The van der Waals surface area contributed by atoms with Gasteiger partial charge in [0.2, 0.25) is 0 Å². The van der Waals surface area contributed by atoms with Gasteiger partial charge in [0.1, 0.15) is 18.3 Å². The van der Waals surface area contributed by atoms with Gasteiger partial charge >= 0.3 is 0 Å². The standard InChI is InChI=1S/C14H16ClNO4/c1-7-2-3-8(4-9(7)15)14(18)16-10-5-19-13-11(17)6-20-12(10)13/h2-4,10-13,17H,5-6H2,1H3,(H,16,18)/t10-,11+,12+,13+/m0/s1. The zero-order valence-corrected chi connectivity index (χ0v) is 11.8. The van der Waals surface area contributed by atoms with E-state index < -0.39 is 6.10 Å². The fraction of sp³-hybridized carbons (Fsp3) is 0.500. The van der Waals surface area contributed by atoms with Crippen LogP contribution in [0.4, 0.5) is 0 Å². The molecule has 0 bridgehead atoms. The Kier molecular flexibility index (Phi) is 3.69. The summed E-state index contributed by atoms with van der Waals surface area (Å²) in [6.45, 7) is 2.48. The van der Waals surface area contributed by atoms with Crippen LogP contribution in [-0.4, -0.2) is 48.6 Å². The molecule has 0 aliphatic carbocycles. The van der Waals surface area contributed by atoms with E-state index in [1.54, 1.807) is 18.2 Å². The molecular weight excluding hydrogens is 282 g/mol. The van der Waals surface area contributed by atoms with Gasteiger partial charge < -0.3 is 19.9 Å². The third-order valence-electron chi connectivity index (χ3n) is 3.78. The van der Waals surface area contributed by atoms with Gasteiger partial charge in [-0.1, -0.05) is 17.7 Å². The third kappa shape index (κ3) is 2.42. The molecular formula is C14H16ClNO4. The van der Waals surface area contributed by atoms with Crippen LogP contribution in [0.1, 0.15) is 15.9 Å². The van der Waals surface area contributed by atoms with Crippen molar-refractivity contribution in [2.75, 3.05) is 13.2 Å². The Labute approximate surface area is 121 Å². The topological polar surface area (TPSA) is 67.8 Å². The zero-order chi connectivity index (χ0) is 14.3. The highest BCUT2D eigenvalue weighted by Crippen LogP contribution is 2.27. The van der Waals surface area contributed by atoms with Crippen molar-refractivity contribution in [3.8, 4) is 0 Å². The molecule has 0 radical (unpaired) electrons. The molecule has 1 aromatic carbocycles. The maximum absolute atomic E-state index is 12.2. The van der Waals surface area contributed by atoms with E-state index in [4.69, 9.17) is 21.1 Å². The third-order valence-corrected chi connectivity index (χ3v) is 4.18. The molecule has 4 atom stereocenters. The average molecular weight is 298 g/mol. The highest BCUT2D eigenvalue weighted by Gasteiger charge is 2.47. The van der Waals surface area contributed by atoms with E-state index in [-0.39, 0.29) is 30.8 Å². The second-order valence-electron chi connectivity index (χ2n) is 5.21. The largest absolute Gasteiger partial charge is 0.388 e. The number of hydrogen-bond acceptors (Lipinski definition) is 4. The van der Waals surface area contributed by atoms with E-state index in [0.29, 0.717) is 17.2 Å². The van der Waals surface area contributed by atoms with E-state index in [2.05, 4.69) is 5.32 Å². The predicted octanol–water partition coefficient (Wildman–Crippen LogP) is 0.905. The predicted molar refractivity (Wildman–Crippen MR) is 72.9 cm³/mol. The summed E-state index contributed by atoms with van der Waals surface area (Å²) in [7, 11) is 0. The first-order valence-corrected chi connectivity index (χ1v) is 6.92. The van der Waals surface area contributed by atoms with Crippen molar-refractivity contribution >= 4 is 17.5 Å². The Morgan fingerprint density at radius 2 is 2.10 bits per heavy atom. The highest BCUT2D eigenvalue weighted by molar-refractivity contribution is 6.31. The van der Waals surface area contributed by atoms with Crippen molar-refractivity contribution in [3.05, 3.63) is 34.3 Å². The van der Waals surface area contributed by atoms with Crippen LogP contribution in [0, 0.1) is 6.92 Å². The lowest BCUT2D eigenvalue weighted by molar-refractivity contribution is 0.0178. The number of fused-ring (bicyclic) bond motifs is 1. The highest BCUT2D eigenvalue weighted by atomic mass is 35.5. The van der Waals surface area contributed by atoms with Crippen molar-refractivity contribution in [1.82, 2.24) is 5.32 Å². The van der Waals surface area contributed by atoms with Crippen LogP contribution >= 0.6 is 11.6 Å². The van der Waals surface area contributed by atoms with Gasteiger partial charge in [0.15, 0.2) is 0 Å². The summed E-state index contributed by atoms with van der Waals surface area (Å²) in [5, 5.41) is 13.1. The van der Waals surface area contributed by atoms with Crippen LogP contribution < -0.4 is 5.32 Å². The average Bonchev–Trinajstić information content (AvgIpc) is 2.97. The number of carbonyl (C=O) groups is 1. The Morgan fingerprint density at radius 1 is 1.35 bits per heavy atom. The minimum absolute atomic E-state index is 0.217. The maximum atomic E-state index is 12.2. The van der Waals surface area contributed by atoms with Gasteiger partial charge in [0, 0.05) is 10.6 Å². The number of ether oxygens (including phenoxy) is 2. The van der Waals surface area contributed by atoms with Crippen LogP contribution in [-0.2, 0) is 9.47 Å². The second kappa shape index (κ2) is 5.33. The summed E-state index contributed by atoms with van der Waals surface area (Å²) < 4.78 is 10.9. The van der Waals surface area contributed by atoms with Crippen molar-refractivity contribution < 1.29 is 19.4 Å². The van der Waals surface area contributed by atoms with Crippen molar-refractivity contribution in [3.63, 3.8) is 0 Å². The number of benzene rings is 1. The molecule has 2 aliphatic heterocycles. The number of amides is 1. The lowest BCUT2D eigenvalue weighted by atomic mass is 10.1. The van der Waals surface area contributed by atoms with Crippen LogP contribution in [0.15, 0.2) is 18.2 Å². The van der Waals surface area contributed by atoms with Crippen LogP contribution in [0.25, 0.3) is 0 Å². The fourth-order valence-corrected chi connectivity index (χ4v) is 2.77. The summed E-state index contributed by atoms with van der Waals surface area (Å²) >= 11 is 6.02. The Balaban J connectivity index is 1.69. The number of carbonyl (C=O) groups excluding carboxylic acids is 1. The maximum Gasteiger partial charge on any atom is 0.251 e. The number of halogens is 1. The fourth-order valence-electron chi connectivity index (χ4n) is 2.59. The van der Waals surface area contributed by atoms with Gasteiger partial charge in [0.05, 0.1) is 19.3 Å². The van der Waals surface area contributed by atoms with Gasteiger partial charge in [-0.05, 0) is 24.6 Å². The van der Waals surface area contributed by atoms with Gasteiger partial charge in [-0.25, -0.2) is 0 Å². The normalized spacial score (nSPS) is 32.1. The van der Waals surface area contributed by atoms with Crippen molar-refractivity contribution in [1.29, 1.82) is 0 Å². The van der Waals surface area contributed by atoms with Crippen LogP contribution in [0.5, 0.6) is 0 Å². The smallest absolute Gasteiger partial charge is 0.251 e. The molecule has 2 aliphatic rings. The first-order valence-electron chi connectivity index (χ1n) is 6.54. The Morgan fingerprint density at radius 3 is 2.85 bits per heavy atom. The number of aliphatic hydroxyl groups excluding tert-OH is 1. The second-order valence-corrected chi connectivity index (χ2v) is 5.61. The molecule has 108 valence electrons. The van der Waals surface area contributed by atoms with Gasteiger partial charge in [-0.3, -0.25) is 4.79 Å².